The molecule has 0 aliphatic rings. The zero-order valence-corrected chi connectivity index (χ0v) is 11.3. The summed E-state index contributed by atoms with van der Waals surface area (Å²) < 4.78 is 52.2. The summed E-state index contributed by atoms with van der Waals surface area (Å²) in [6.45, 7) is 0. The largest absolute Gasteiger partial charge is 0.478 e. The second kappa shape index (κ2) is 6.09. The van der Waals surface area contributed by atoms with Crippen LogP contribution in [0.2, 0.25) is 0 Å². The molecule has 0 amide bonds. The van der Waals surface area contributed by atoms with Crippen molar-refractivity contribution in [3.8, 4) is 0 Å². The molecule has 110 valence electrons. The minimum Gasteiger partial charge on any atom is -0.478 e. The Labute approximate surface area is 120 Å². The second-order valence-corrected chi connectivity index (χ2v) is 5.59. The number of aromatic carboxylic acids is 1. The minimum absolute atomic E-state index is 0.0172. The summed E-state index contributed by atoms with van der Waals surface area (Å²) in [5, 5.41) is 8.79. The van der Waals surface area contributed by atoms with Crippen LogP contribution < -0.4 is 0 Å². The van der Waals surface area contributed by atoms with E-state index < -0.39 is 45.5 Å². The quantitative estimate of drug-likeness (QED) is 0.943. The van der Waals surface area contributed by atoms with Crippen molar-refractivity contribution in [2.75, 3.05) is 0 Å². The summed E-state index contributed by atoms with van der Waals surface area (Å²) in [5.74, 6) is -4.64. The SMILES string of the molecule is O=C(O)c1cc(S(=O)Cc2c(F)cccc2F)ccc1F. The van der Waals surface area contributed by atoms with Gasteiger partial charge in [-0.15, -0.1) is 0 Å². The highest BCUT2D eigenvalue weighted by Crippen LogP contribution is 2.20. The molecule has 0 fully saturated rings. The van der Waals surface area contributed by atoms with Gasteiger partial charge in [0.2, 0.25) is 0 Å². The van der Waals surface area contributed by atoms with Gasteiger partial charge in [-0.1, -0.05) is 6.07 Å². The van der Waals surface area contributed by atoms with Crippen LogP contribution in [0.1, 0.15) is 15.9 Å². The Hall–Kier alpha value is -2.15. The Morgan fingerprint density at radius 3 is 2.24 bits per heavy atom. The van der Waals surface area contributed by atoms with E-state index in [4.69, 9.17) is 5.11 Å². The van der Waals surface area contributed by atoms with Crippen molar-refractivity contribution in [1.82, 2.24) is 0 Å². The maximum absolute atomic E-state index is 13.5. The van der Waals surface area contributed by atoms with Gasteiger partial charge in [-0.3, -0.25) is 4.21 Å². The van der Waals surface area contributed by atoms with E-state index in [-0.39, 0.29) is 10.5 Å². The number of hydrogen-bond acceptors (Lipinski definition) is 2. The number of carboxylic acids is 1. The van der Waals surface area contributed by atoms with Crippen molar-refractivity contribution in [1.29, 1.82) is 0 Å². The molecule has 1 N–H and O–H groups in total. The highest BCUT2D eigenvalue weighted by molar-refractivity contribution is 7.84. The van der Waals surface area contributed by atoms with Gasteiger partial charge in [0.15, 0.2) is 0 Å². The van der Waals surface area contributed by atoms with Crippen molar-refractivity contribution >= 4 is 16.8 Å². The Morgan fingerprint density at radius 1 is 1.05 bits per heavy atom. The molecule has 0 radical (unpaired) electrons. The summed E-state index contributed by atoms with van der Waals surface area (Å²) in [4.78, 5) is 10.8. The summed E-state index contributed by atoms with van der Waals surface area (Å²) >= 11 is 0. The summed E-state index contributed by atoms with van der Waals surface area (Å²) in [7, 11) is -1.90. The first-order chi connectivity index (χ1) is 9.90. The van der Waals surface area contributed by atoms with Gasteiger partial charge in [0.25, 0.3) is 0 Å². The van der Waals surface area contributed by atoms with Crippen molar-refractivity contribution in [3.63, 3.8) is 0 Å². The van der Waals surface area contributed by atoms with E-state index in [1.807, 2.05) is 0 Å². The van der Waals surface area contributed by atoms with E-state index in [0.29, 0.717) is 0 Å². The van der Waals surface area contributed by atoms with Gasteiger partial charge in [0.1, 0.15) is 17.5 Å². The molecule has 0 aliphatic heterocycles. The molecule has 0 bridgehead atoms. The highest BCUT2D eigenvalue weighted by Gasteiger charge is 2.17. The molecule has 1 unspecified atom stereocenters. The van der Waals surface area contributed by atoms with Gasteiger partial charge in [0, 0.05) is 10.5 Å². The molecule has 21 heavy (non-hydrogen) atoms. The lowest BCUT2D eigenvalue weighted by molar-refractivity contribution is 0.0691. The molecule has 2 aromatic carbocycles. The highest BCUT2D eigenvalue weighted by atomic mass is 32.2. The predicted molar refractivity (Wildman–Crippen MR) is 69.8 cm³/mol. The summed E-state index contributed by atoms with van der Waals surface area (Å²) in [6, 6.07) is 6.11. The third kappa shape index (κ3) is 3.30. The van der Waals surface area contributed by atoms with Gasteiger partial charge in [-0.2, -0.15) is 0 Å². The van der Waals surface area contributed by atoms with Gasteiger partial charge in [0.05, 0.1) is 22.1 Å². The zero-order chi connectivity index (χ0) is 15.6. The molecule has 0 heterocycles. The fourth-order valence-corrected chi connectivity index (χ4v) is 2.87. The van der Waals surface area contributed by atoms with Crippen LogP contribution in [0, 0.1) is 17.5 Å². The smallest absolute Gasteiger partial charge is 0.338 e. The first-order valence-corrected chi connectivity index (χ1v) is 7.06. The topological polar surface area (TPSA) is 54.4 Å². The average Bonchev–Trinajstić information content (AvgIpc) is 2.43. The Morgan fingerprint density at radius 2 is 1.67 bits per heavy atom. The monoisotopic (exact) mass is 314 g/mol. The molecular formula is C14H9F3O3S. The Bertz CT molecular complexity index is 711. The van der Waals surface area contributed by atoms with Crippen molar-refractivity contribution in [2.45, 2.75) is 10.6 Å². The Balaban J connectivity index is 2.33. The van der Waals surface area contributed by atoms with Gasteiger partial charge in [-0.05, 0) is 30.3 Å². The van der Waals surface area contributed by atoms with E-state index in [1.165, 1.54) is 6.07 Å². The molecule has 7 heteroatoms. The lowest BCUT2D eigenvalue weighted by atomic mass is 10.2. The summed E-state index contributed by atoms with van der Waals surface area (Å²) in [6.07, 6.45) is 0. The molecule has 0 spiro atoms. The molecule has 0 saturated carbocycles. The van der Waals surface area contributed by atoms with Crippen LogP contribution in [0.3, 0.4) is 0 Å². The number of hydrogen-bond donors (Lipinski definition) is 1. The number of rotatable bonds is 4. The molecule has 1 atom stereocenters. The summed E-state index contributed by atoms with van der Waals surface area (Å²) in [5.41, 5.74) is -1.01. The van der Waals surface area contributed by atoms with E-state index in [2.05, 4.69) is 0 Å². The van der Waals surface area contributed by atoms with E-state index >= 15 is 0 Å². The zero-order valence-electron chi connectivity index (χ0n) is 10.5. The van der Waals surface area contributed by atoms with Crippen molar-refractivity contribution in [2.24, 2.45) is 0 Å². The molecule has 0 saturated heterocycles. The normalized spacial score (nSPS) is 12.1. The third-order valence-electron chi connectivity index (χ3n) is 2.77. The van der Waals surface area contributed by atoms with Gasteiger partial charge < -0.3 is 5.11 Å². The number of halogens is 3. The number of carboxylic acid groups (broad SMARTS) is 1. The van der Waals surface area contributed by atoms with E-state index in [0.717, 1.165) is 30.3 Å². The number of benzene rings is 2. The maximum atomic E-state index is 13.5. The van der Waals surface area contributed by atoms with Crippen LogP contribution >= 0.6 is 0 Å². The molecule has 3 nitrogen and oxygen atoms in total. The fraction of sp³-hybridized carbons (Fsp3) is 0.0714. The van der Waals surface area contributed by atoms with Crippen LogP contribution in [0.5, 0.6) is 0 Å². The van der Waals surface area contributed by atoms with Crippen molar-refractivity contribution < 1.29 is 27.3 Å². The van der Waals surface area contributed by atoms with Gasteiger partial charge in [-0.25, -0.2) is 18.0 Å². The number of carbonyl (C=O) groups is 1. The van der Waals surface area contributed by atoms with Crippen LogP contribution in [0.15, 0.2) is 41.3 Å². The minimum atomic E-state index is -1.90. The first-order valence-electron chi connectivity index (χ1n) is 5.74. The van der Waals surface area contributed by atoms with Crippen LogP contribution in [-0.4, -0.2) is 15.3 Å². The van der Waals surface area contributed by atoms with E-state index in [1.54, 1.807) is 0 Å². The fourth-order valence-electron chi connectivity index (χ4n) is 1.69. The molecular weight excluding hydrogens is 305 g/mol. The Kier molecular flexibility index (Phi) is 4.42. The first kappa shape index (κ1) is 15.2. The lowest BCUT2D eigenvalue weighted by Gasteiger charge is -2.06. The molecule has 0 aromatic heterocycles. The standard InChI is InChI=1S/C14H9F3O3S/c15-11-2-1-3-12(16)10(11)7-21(20)8-4-5-13(17)9(6-8)14(18)19/h1-6H,7H2,(H,18,19). The molecule has 2 aromatic rings. The van der Waals surface area contributed by atoms with E-state index in [9.17, 15) is 22.2 Å². The second-order valence-electron chi connectivity index (χ2n) is 4.14. The molecule has 2 rings (SSSR count). The third-order valence-corrected chi connectivity index (χ3v) is 4.10. The maximum Gasteiger partial charge on any atom is 0.338 e. The molecule has 0 aliphatic carbocycles. The van der Waals surface area contributed by atoms with Gasteiger partial charge >= 0.3 is 5.97 Å². The average molecular weight is 314 g/mol. The lowest BCUT2D eigenvalue weighted by Crippen LogP contribution is -2.05. The van der Waals surface area contributed by atoms with Crippen LogP contribution in [0.4, 0.5) is 13.2 Å². The van der Waals surface area contributed by atoms with Crippen LogP contribution in [-0.2, 0) is 16.6 Å². The van der Waals surface area contributed by atoms with Crippen molar-refractivity contribution in [3.05, 3.63) is 65.0 Å². The predicted octanol–water partition coefficient (Wildman–Crippen LogP) is 3.11. The van der Waals surface area contributed by atoms with Crippen LogP contribution in [0.25, 0.3) is 0 Å².